The Hall–Kier alpha value is -4.06. The van der Waals surface area contributed by atoms with Gasteiger partial charge in [0.15, 0.2) is 0 Å². The molecule has 6 heteroatoms. The van der Waals surface area contributed by atoms with Gasteiger partial charge < -0.3 is 19.5 Å². The van der Waals surface area contributed by atoms with Crippen molar-refractivity contribution in [1.82, 2.24) is 4.90 Å². The third-order valence-corrected chi connectivity index (χ3v) is 6.81. The quantitative estimate of drug-likeness (QED) is 0.258. The highest BCUT2D eigenvalue weighted by Crippen LogP contribution is 2.41. The summed E-state index contributed by atoms with van der Waals surface area (Å²) in [7, 11) is 3.17. The molecular formula is C31H33NO5. The van der Waals surface area contributed by atoms with Crippen molar-refractivity contribution < 1.29 is 24.2 Å². The van der Waals surface area contributed by atoms with E-state index in [9.17, 15) is 14.7 Å². The van der Waals surface area contributed by atoms with Crippen LogP contribution in [0.15, 0.2) is 72.3 Å². The summed E-state index contributed by atoms with van der Waals surface area (Å²) in [5.74, 6) is -0.177. The number of likely N-dealkylation sites (tertiary alicyclic amines) is 1. The van der Waals surface area contributed by atoms with Gasteiger partial charge in [0, 0.05) is 12.1 Å². The number of carbonyl (C=O) groups is 2. The maximum Gasteiger partial charge on any atom is 0.295 e. The first kappa shape index (κ1) is 26.0. The van der Waals surface area contributed by atoms with E-state index in [2.05, 4.69) is 20.8 Å². The molecule has 1 aliphatic rings. The van der Waals surface area contributed by atoms with Crippen molar-refractivity contribution in [2.24, 2.45) is 0 Å². The Balaban J connectivity index is 1.84. The third-order valence-electron chi connectivity index (χ3n) is 6.81. The molecular weight excluding hydrogens is 466 g/mol. The van der Waals surface area contributed by atoms with Crippen LogP contribution in [0.2, 0.25) is 0 Å². The predicted octanol–water partition coefficient (Wildman–Crippen LogP) is 5.93. The summed E-state index contributed by atoms with van der Waals surface area (Å²) in [5.41, 5.74) is 4.03. The molecule has 1 fully saturated rings. The molecule has 192 valence electrons. The first-order valence-corrected chi connectivity index (χ1v) is 12.2. The minimum atomic E-state index is -0.737. The SMILES string of the molecule is COc1ccc(CN2C(=O)C(=O)/C(=C(\O)c3ccc(OC)c(C)c3)C2c2ccc(C(C)(C)C)cc2)cc1. The number of aliphatic hydroxyl groups is 1. The molecule has 4 rings (SSSR count). The standard InChI is InChI=1S/C31H33NO5/c1-19-17-22(11-16-25(19)37-6)28(33)26-27(21-9-12-23(13-10-21)31(2,3)4)32(30(35)29(26)34)18-20-7-14-24(36-5)15-8-20/h7-17,27,33H,18H2,1-6H3/b28-26-. The molecule has 0 spiro atoms. The largest absolute Gasteiger partial charge is 0.507 e. The molecule has 3 aromatic carbocycles. The molecule has 0 saturated carbocycles. The number of hydrogen-bond donors (Lipinski definition) is 1. The zero-order valence-corrected chi connectivity index (χ0v) is 22.2. The molecule has 1 unspecified atom stereocenters. The van der Waals surface area contributed by atoms with Crippen molar-refractivity contribution in [1.29, 1.82) is 0 Å². The van der Waals surface area contributed by atoms with E-state index in [1.54, 1.807) is 32.4 Å². The monoisotopic (exact) mass is 499 g/mol. The molecule has 1 atom stereocenters. The Kier molecular flexibility index (Phi) is 7.12. The van der Waals surface area contributed by atoms with E-state index in [0.717, 1.165) is 22.3 Å². The molecule has 1 N–H and O–H groups in total. The van der Waals surface area contributed by atoms with Crippen molar-refractivity contribution in [2.45, 2.75) is 45.7 Å². The van der Waals surface area contributed by atoms with Crippen LogP contribution in [-0.2, 0) is 21.5 Å². The van der Waals surface area contributed by atoms with Crippen LogP contribution >= 0.6 is 0 Å². The van der Waals surface area contributed by atoms with E-state index in [1.165, 1.54) is 4.90 Å². The lowest BCUT2D eigenvalue weighted by Crippen LogP contribution is -2.29. The summed E-state index contributed by atoms with van der Waals surface area (Å²) in [6.07, 6.45) is 0. The summed E-state index contributed by atoms with van der Waals surface area (Å²) in [6, 6.07) is 19.7. The van der Waals surface area contributed by atoms with E-state index < -0.39 is 17.7 Å². The van der Waals surface area contributed by atoms with E-state index >= 15 is 0 Å². The van der Waals surface area contributed by atoms with Gasteiger partial charge in [0.05, 0.1) is 25.8 Å². The molecule has 0 bridgehead atoms. The lowest BCUT2D eigenvalue weighted by molar-refractivity contribution is -0.140. The van der Waals surface area contributed by atoms with E-state index in [0.29, 0.717) is 17.1 Å². The number of nitrogens with zero attached hydrogens (tertiary/aromatic N) is 1. The molecule has 3 aromatic rings. The van der Waals surface area contributed by atoms with Crippen molar-refractivity contribution in [3.05, 3.63) is 100 Å². The van der Waals surface area contributed by atoms with Gasteiger partial charge >= 0.3 is 0 Å². The van der Waals surface area contributed by atoms with Gasteiger partial charge in [0.1, 0.15) is 17.3 Å². The van der Waals surface area contributed by atoms with Gasteiger partial charge in [-0.2, -0.15) is 0 Å². The van der Waals surface area contributed by atoms with Gasteiger partial charge in [-0.15, -0.1) is 0 Å². The lowest BCUT2D eigenvalue weighted by atomic mass is 9.85. The van der Waals surface area contributed by atoms with Gasteiger partial charge in [-0.1, -0.05) is 57.2 Å². The normalized spacial score (nSPS) is 17.2. The van der Waals surface area contributed by atoms with Gasteiger partial charge in [0.2, 0.25) is 0 Å². The number of Topliss-reactive ketones (excluding diaryl/α,β-unsaturated/α-hetero) is 1. The number of carbonyl (C=O) groups excluding carboxylic acids is 2. The number of aliphatic hydroxyl groups excluding tert-OH is 1. The average Bonchev–Trinajstić information content (AvgIpc) is 3.13. The fourth-order valence-corrected chi connectivity index (χ4v) is 4.66. The van der Waals surface area contributed by atoms with E-state index in [-0.39, 0.29) is 23.3 Å². The first-order valence-electron chi connectivity index (χ1n) is 12.2. The summed E-state index contributed by atoms with van der Waals surface area (Å²) >= 11 is 0. The van der Waals surface area contributed by atoms with Gasteiger partial charge in [-0.3, -0.25) is 9.59 Å². The number of amides is 1. The number of hydrogen-bond acceptors (Lipinski definition) is 5. The summed E-state index contributed by atoms with van der Waals surface area (Å²) in [4.78, 5) is 28.3. The third kappa shape index (κ3) is 5.10. The van der Waals surface area contributed by atoms with Crippen molar-refractivity contribution in [3.8, 4) is 11.5 Å². The van der Waals surface area contributed by atoms with Crippen LogP contribution in [0.1, 0.15) is 54.6 Å². The molecule has 0 aromatic heterocycles. The van der Waals surface area contributed by atoms with Crippen molar-refractivity contribution in [3.63, 3.8) is 0 Å². The minimum Gasteiger partial charge on any atom is -0.507 e. The number of ether oxygens (including phenoxy) is 2. The Bertz CT molecular complexity index is 1350. The summed E-state index contributed by atoms with van der Waals surface area (Å²) < 4.78 is 10.6. The molecule has 0 radical (unpaired) electrons. The maximum absolute atomic E-state index is 13.4. The average molecular weight is 500 g/mol. The van der Waals surface area contributed by atoms with Crippen LogP contribution in [0.25, 0.3) is 5.76 Å². The summed E-state index contributed by atoms with van der Waals surface area (Å²) in [5, 5.41) is 11.4. The van der Waals surface area contributed by atoms with Crippen molar-refractivity contribution >= 4 is 17.4 Å². The molecule has 1 aliphatic heterocycles. The highest BCUT2D eigenvalue weighted by molar-refractivity contribution is 6.46. The highest BCUT2D eigenvalue weighted by atomic mass is 16.5. The van der Waals surface area contributed by atoms with Crippen LogP contribution in [0, 0.1) is 6.92 Å². The maximum atomic E-state index is 13.4. The van der Waals surface area contributed by atoms with E-state index in [4.69, 9.17) is 9.47 Å². The second-order valence-electron chi connectivity index (χ2n) is 10.3. The number of rotatable bonds is 6. The van der Waals surface area contributed by atoms with Crippen LogP contribution in [-0.4, -0.2) is 35.9 Å². The fraction of sp³-hybridized carbons (Fsp3) is 0.290. The minimum absolute atomic E-state index is 0.0515. The topological polar surface area (TPSA) is 76.1 Å². The van der Waals surface area contributed by atoms with Crippen LogP contribution in [0.3, 0.4) is 0 Å². The molecule has 37 heavy (non-hydrogen) atoms. The zero-order chi connectivity index (χ0) is 26.9. The molecule has 1 saturated heterocycles. The second-order valence-corrected chi connectivity index (χ2v) is 10.3. The number of methoxy groups -OCH3 is 2. The molecule has 0 aliphatic carbocycles. The van der Waals surface area contributed by atoms with Gasteiger partial charge in [-0.05, 0) is 64.9 Å². The Morgan fingerprint density at radius 3 is 2.11 bits per heavy atom. The summed E-state index contributed by atoms with van der Waals surface area (Å²) in [6.45, 7) is 8.45. The van der Waals surface area contributed by atoms with Crippen LogP contribution < -0.4 is 9.47 Å². The number of aryl methyl sites for hydroxylation is 1. The number of ketones is 1. The van der Waals surface area contributed by atoms with E-state index in [1.807, 2.05) is 55.5 Å². The highest BCUT2D eigenvalue weighted by Gasteiger charge is 2.46. The predicted molar refractivity (Wildman–Crippen MR) is 144 cm³/mol. The van der Waals surface area contributed by atoms with Gasteiger partial charge in [0.25, 0.3) is 11.7 Å². The van der Waals surface area contributed by atoms with Crippen LogP contribution in [0.5, 0.6) is 11.5 Å². The Morgan fingerprint density at radius 1 is 0.919 bits per heavy atom. The van der Waals surface area contributed by atoms with Gasteiger partial charge in [-0.25, -0.2) is 0 Å². The molecule has 1 amide bonds. The Morgan fingerprint density at radius 2 is 1.57 bits per heavy atom. The zero-order valence-electron chi connectivity index (χ0n) is 22.2. The fourth-order valence-electron chi connectivity index (χ4n) is 4.66. The lowest BCUT2D eigenvalue weighted by Gasteiger charge is -2.26. The Labute approximate surface area is 218 Å². The first-order chi connectivity index (χ1) is 17.5. The smallest absolute Gasteiger partial charge is 0.295 e. The number of benzene rings is 3. The van der Waals surface area contributed by atoms with Crippen molar-refractivity contribution in [2.75, 3.05) is 14.2 Å². The van der Waals surface area contributed by atoms with Crippen LogP contribution in [0.4, 0.5) is 0 Å². The molecule has 1 heterocycles. The second kappa shape index (κ2) is 10.1. The molecule has 6 nitrogen and oxygen atoms in total.